The lowest BCUT2D eigenvalue weighted by molar-refractivity contribution is -0.162. The van der Waals surface area contributed by atoms with Crippen LogP contribution in [0.3, 0.4) is 0 Å². The molecule has 2 aromatic rings. The first kappa shape index (κ1) is 20.9. The van der Waals surface area contributed by atoms with Crippen LogP contribution in [0, 0.1) is 5.82 Å². The Bertz CT molecular complexity index is 814. The van der Waals surface area contributed by atoms with E-state index in [0.717, 1.165) is 43.4 Å². The Morgan fingerprint density at radius 1 is 1.21 bits per heavy atom. The van der Waals surface area contributed by atoms with Gasteiger partial charge < -0.3 is 9.47 Å². The number of halogens is 2. The van der Waals surface area contributed by atoms with Crippen LogP contribution < -0.4 is 0 Å². The van der Waals surface area contributed by atoms with Gasteiger partial charge in [0.15, 0.2) is 12.1 Å². The molecule has 1 atom stereocenters. The van der Waals surface area contributed by atoms with Crippen molar-refractivity contribution in [1.82, 2.24) is 0 Å². The number of hydrogen-bond donors (Lipinski definition) is 0. The highest BCUT2D eigenvalue weighted by Crippen LogP contribution is 2.23. The summed E-state index contributed by atoms with van der Waals surface area (Å²) in [6, 6.07) is 14.1. The molecule has 1 fully saturated rings. The van der Waals surface area contributed by atoms with Gasteiger partial charge in [-0.05, 0) is 67.5 Å². The van der Waals surface area contributed by atoms with E-state index in [1.807, 2.05) is 30.3 Å². The lowest BCUT2D eigenvalue weighted by Crippen LogP contribution is -2.22. The summed E-state index contributed by atoms with van der Waals surface area (Å²) in [7, 11) is 0. The monoisotopic (exact) mass is 446 g/mol. The number of carbonyl (C=O) groups is 1. The zero-order chi connectivity index (χ0) is 19.8. The summed E-state index contributed by atoms with van der Waals surface area (Å²) < 4.78 is 26.1. The summed E-state index contributed by atoms with van der Waals surface area (Å²) >= 11 is 3.30. The number of carbonyl (C=O) groups excluding carboxylic acids is 1. The first-order valence-corrected chi connectivity index (χ1v) is 10.4. The molecule has 3 rings (SSSR count). The van der Waals surface area contributed by atoms with Crippen LogP contribution in [0.15, 0.2) is 59.1 Å². The van der Waals surface area contributed by atoms with Gasteiger partial charge in [-0.3, -0.25) is 4.79 Å². The van der Waals surface area contributed by atoms with Crippen molar-refractivity contribution in [2.45, 2.75) is 38.4 Å². The molecule has 0 amide bonds. The summed E-state index contributed by atoms with van der Waals surface area (Å²) in [5.41, 5.74) is 1.90. The van der Waals surface area contributed by atoms with Crippen molar-refractivity contribution in [3.8, 4) is 0 Å². The van der Waals surface area contributed by atoms with Crippen molar-refractivity contribution in [1.29, 1.82) is 0 Å². The second kappa shape index (κ2) is 10.6. The third-order valence-electron chi connectivity index (χ3n) is 4.68. The summed E-state index contributed by atoms with van der Waals surface area (Å²) in [6.45, 7) is 1.32. The van der Waals surface area contributed by atoms with Gasteiger partial charge in [-0.1, -0.05) is 46.3 Å². The van der Waals surface area contributed by atoms with Gasteiger partial charge in [-0.15, -0.1) is 0 Å². The van der Waals surface area contributed by atoms with E-state index in [1.54, 1.807) is 6.07 Å². The highest BCUT2D eigenvalue weighted by Gasteiger charge is 2.15. The molecule has 0 aromatic heterocycles. The highest BCUT2D eigenvalue weighted by atomic mass is 79.9. The minimum atomic E-state index is -0.519. The molecular weight excluding hydrogens is 423 g/mol. The molecule has 148 valence electrons. The molecule has 0 bridgehead atoms. The maximum atomic E-state index is 14.1. The highest BCUT2D eigenvalue weighted by molar-refractivity contribution is 9.10. The van der Waals surface area contributed by atoms with E-state index in [-0.39, 0.29) is 17.6 Å². The molecule has 5 heteroatoms. The number of ketones is 1. The Morgan fingerprint density at radius 3 is 2.79 bits per heavy atom. The topological polar surface area (TPSA) is 35.5 Å². The zero-order valence-electron chi connectivity index (χ0n) is 15.7. The molecule has 0 aliphatic carbocycles. The molecule has 1 aliphatic heterocycles. The van der Waals surface area contributed by atoms with Gasteiger partial charge >= 0.3 is 0 Å². The minimum Gasteiger partial charge on any atom is -0.353 e. The Balaban J connectivity index is 1.69. The van der Waals surface area contributed by atoms with Crippen molar-refractivity contribution < 1.29 is 18.7 Å². The fraction of sp³-hybridized carbons (Fsp3) is 0.348. The van der Waals surface area contributed by atoms with Crippen LogP contribution in [0.2, 0.25) is 0 Å². The molecule has 0 spiro atoms. The third-order valence-corrected chi connectivity index (χ3v) is 5.17. The molecule has 0 saturated carbocycles. The van der Waals surface area contributed by atoms with Gasteiger partial charge in [-0.2, -0.15) is 0 Å². The average Bonchev–Trinajstić information content (AvgIpc) is 2.73. The normalized spacial score (nSPS) is 17.5. The van der Waals surface area contributed by atoms with E-state index in [2.05, 4.69) is 15.9 Å². The predicted octanol–water partition coefficient (Wildman–Crippen LogP) is 6.18. The largest absolute Gasteiger partial charge is 0.353 e. The molecule has 3 nitrogen and oxygen atoms in total. The Labute approximate surface area is 173 Å². The third kappa shape index (κ3) is 6.09. The van der Waals surface area contributed by atoms with Crippen LogP contribution >= 0.6 is 15.9 Å². The SMILES string of the molecule is O=C(/C=C(/CCCOC1CCCCO1)c1ccccc1)c1cc(Br)ccc1F. The van der Waals surface area contributed by atoms with E-state index in [1.165, 1.54) is 18.2 Å². The van der Waals surface area contributed by atoms with E-state index in [0.29, 0.717) is 17.5 Å². The Hall–Kier alpha value is -1.82. The second-order valence-corrected chi connectivity index (χ2v) is 7.71. The van der Waals surface area contributed by atoms with E-state index >= 15 is 0 Å². The van der Waals surface area contributed by atoms with Gasteiger partial charge in [0.2, 0.25) is 0 Å². The molecule has 1 unspecified atom stereocenters. The lowest BCUT2D eigenvalue weighted by atomic mass is 9.98. The molecule has 2 aromatic carbocycles. The molecule has 1 saturated heterocycles. The number of ether oxygens (including phenoxy) is 2. The number of rotatable bonds is 8. The fourth-order valence-corrected chi connectivity index (χ4v) is 3.56. The molecule has 28 heavy (non-hydrogen) atoms. The maximum absolute atomic E-state index is 14.1. The van der Waals surface area contributed by atoms with E-state index in [4.69, 9.17) is 9.47 Å². The first-order valence-electron chi connectivity index (χ1n) is 9.62. The fourth-order valence-electron chi connectivity index (χ4n) is 3.19. The number of benzene rings is 2. The molecule has 1 heterocycles. The standard InChI is InChI=1S/C23H24BrFO3/c24-19-11-12-21(25)20(16-19)22(26)15-18(17-7-2-1-3-8-17)9-6-14-28-23-10-4-5-13-27-23/h1-3,7-8,11-12,15-16,23H,4-6,9-10,13-14H2/b18-15-. The van der Waals surface area contributed by atoms with Gasteiger partial charge in [-0.25, -0.2) is 4.39 Å². The summed E-state index contributed by atoms with van der Waals surface area (Å²) in [6.07, 6.45) is 6.00. The predicted molar refractivity (Wildman–Crippen MR) is 112 cm³/mol. The summed E-state index contributed by atoms with van der Waals surface area (Å²) in [5.74, 6) is -0.858. The van der Waals surface area contributed by atoms with E-state index < -0.39 is 5.82 Å². The average molecular weight is 447 g/mol. The van der Waals surface area contributed by atoms with Gasteiger partial charge in [0.25, 0.3) is 0 Å². The van der Waals surface area contributed by atoms with Crippen molar-refractivity contribution >= 4 is 27.3 Å². The lowest BCUT2D eigenvalue weighted by Gasteiger charge is -2.22. The molecule has 1 aliphatic rings. The van der Waals surface area contributed by atoms with Gasteiger partial charge in [0.1, 0.15) is 5.82 Å². The maximum Gasteiger partial charge on any atom is 0.189 e. The van der Waals surface area contributed by atoms with Gasteiger partial charge in [0, 0.05) is 11.1 Å². The molecular formula is C23H24BrFO3. The van der Waals surface area contributed by atoms with Gasteiger partial charge in [0.05, 0.1) is 12.2 Å². The number of hydrogen-bond acceptors (Lipinski definition) is 3. The molecule has 0 N–H and O–H groups in total. The summed E-state index contributed by atoms with van der Waals surface area (Å²) in [5, 5.41) is 0. The van der Waals surface area contributed by atoms with Crippen LogP contribution in [0.25, 0.3) is 5.57 Å². The van der Waals surface area contributed by atoms with E-state index in [9.17, 15) is 9.18 Å². The second-order valence-electron chi connectivity index (χ2n) is 6.79. The zero-order valence-corrected chi connectivity index (χ0v) is 17.3. The van der Waals surface area contributed by atoms with Crippen LogP contribution in [0.4, 0.5) is 4.39 Å². The van der Waals surface area contributed by atoms with Crippen molar-refractivity contribution in [2.75, 3.05) is 13.2 Å². The summed E-state index contributed by atoms with van der Waals surface area (Å²) in [4.78, 5) is 12.7. The Kier molecular flexibility index (Phi) is 7.95. The van der Waals surface area contributed by atoms with Crippen molar-refractivity contribution in [3.05, 3.63) is 76.0 Å². The molecule has 0 radical (unpaired) electrons. The van der Waals surface area contributed by atoms with Crippen molar-refractivity contribution in [2.24, 2.45) is 0 Å². The van der Waals surface area contributed by atoms with Crippen LogP contribution in [-0.4, -0.2) is 25.3 Å². The van der Waals surface area contributed by atoms with Crippen LogP contribution in [-0.2, 0) is 9.47 Å². The first-order chi connectivity index (χ1) is 13.6. The Morgan fingerprint density at radius 2 is 2.04 bits per heavy atom. The quantitative estimate of drug-likeness (QED) is 0.276. The van der Waals surface area contributed by atoms with Crippen LogP contribution in [0.1, 0.15) is 48.0 Å². The number of allylic oxidation sites excluding steroid dienone is 2. The smallest absolute Gasteiger partial charge is 0.189 e. The minimum absolute atomic E-state index is 0.0645. The van der Waals surface area contributed by atoms with Crippen LogP contribution in [0.5, 0.6) is 0 Å². The van der Waals surface area contributed by atoms with Crippen molar-refractivity contribution in [3.63, 3.8) is 0 Å².